The maximum atomic E-state index is 10.0. The van der Waals surface area contributed by atoms with Gasteiger partial charge in [-0.25, -0.2) is 0 Å². The van der Waals surface area contributed by atoms with Crippen LogP contribution in [0.4, 0.5) is 0 Å². The lowest BCUT2D eigenvalue weighted by molar-refractivity contribution is 0.221. The summed E-state index contributed by atoms with van der Waals surface area (Å²) >= 11 is 13.4. The van der Waals surface area contributed by atoms with E-state index in [2.05, 4.69) is 0 Å². The van der Waals surface area contributed by atoms with Crippen LogP contribution in [-0.2, 0) is 0 Å². The van der Waals surface area contributed by atoms with Crippen molar-refractivity contribution < 1.29 is 5.11 Å². The molecule has 0 saturated heterocycles. The van der Waals surface area contributed by atoms with Crippen LogP contribution in [-0.4, -0.2) is 5.11 Å². The Morgan fingerprint density at radius 2 is 2.00 bits per heavy atom. The average Bonchev–Trinajstić information content (AvgIpc) is 2.74. The predicted octanol–water partition coefficient (Wildman–Crippen LogP) is 4.14. The van der Waals surface area contributed by atoms with Gasteiger partial charge in [-0.2, -0.15) is 11.3 Å². The summed E-state index contributed by atoms with van der Waals surface area (Å²) < 4.78 is 0. The van der Waals surface area contributed by atoms with Gasteiger partial charge in [0.15, 0.2) is 0 Å². The van der Waals surface area contributed by atoms with E-state index in [1.54, 1.807) is 18.2 Å². The van der Waals surface area contributed by atoms with Gasteiger partial charge in [0.05, 0.1) is 10.0 Å². The summed E-state index contributed by atoms with van der Waals surface area (Å²) in [7, 11) is 0. The summed E-state index contributed by atoms with van der Waals surface area (Å²) in [6.07, 6.45) is -0.706. The molecule has 0 saturated carbocycles. The highest BCUT2D eigenvalue weighted by molar-refractivity contribution is 7.08. The number of thiophene rings is 1. The molecule has 1 aromatic carbocycles. The van der Waals surface area contributed by atoms with Gasteiger partial charge in [0, 0.05) is 5.56 Å². The van der Waals surface area contributed by atoms with Crippen LogP contribution in [0.15, 0.2) is 35.0 Å². The second kappa shape index (κ2) is 4.54. The van der Waals surface area contributed by atoms with Crippen LogP contribution in [0.25, 0.3) is 0 Å². The van der Waals surface area contributed by atoms with E-state index in [1.807, 2.05) is 16.8 Å². The molecule has 0 aliphatic rings. The Kier molecular flexibility index (Phi) is 3.32. The van der Waals surface area contributed by atoms with Crippen molar-refractivity contribution in [2.75, 3.05) is 0 Å². The topological polar surface area (TPSA) is 20.2 Å². The average molecular weight is 259 g/mol. The SMILES string of the molecule is OC(c1ccsc1)c1cccc(Cl)c1Cl. The third kappa shape index (κ3) is 2.18. The number of rotatable bonds is 2. The summed E-state index contributed by atoms with van der Waals surface area (Å²) in [4.78, 5) is 0. The molecule has 1 N–H and O–H groups in total. The molecule has 0 aliphatic heterocycles. The first kappa shape index (κ1) is 11.0. The van der Waals surface area contributed by atoms with Crippen LogP contribution in [0.2, 0.25) is 10.0 Å². The molecule has 1 heterocycles. The van der Waals surface area contributed by atoms with Gasteiger partial charge in [-0.05, 0) is 28.5 Å². The third-order valence-electron chi connectivity index (χ3n) is 2.13. The van der Waals surface area contributed by atoms with E-state index in [1.165, 1.54) is 11.3 Å². The molecule has 0 spiro atoms. The van der Waals surface area contributed by atoms with Gasteiger partial charge >= 0.3 is 0 Å². The standard InChI is InChI=1S/C11H8Cl2OS/c12-9-3-1-2-8(10(9)13)11(14)7-4-5-15-6-7/h1-6,11,14H. The van der Waals surface area contributed by atoms with Gasteiger partial charge in [-0.1, -0.05) is 35.3 Å². The summed E-state index contributed by atoms with van der Waals surface area (Å²) in [6, 6.07) is 7.12. The monoisotopic (exact) mass is 258 g/mol. The third-order valence-corrected chi connectivity index (χ3v) is 3.67. The van der Waals surface area contributed by atoms with Crippen molar-refractivity contribution in [3.05, 3.63) is 56.2 Å². The molecule has 1 nitrogen and oxygen atoms in total. The highest BCUT2D eigenvalue weighted by Crippen LogP contribution is 2.33. The zero-order valence-corrected chi connectivity index (χ0v) is 9.98. The van der Waals surface area contributed by atoms with Gasteiger partial charge in [0.2, 0.25) is 0 Å². The molecule has 0 amide bonds. The van der Waals surface area contributed by atoms with Crippen molar-refractivity contribution in [1.29, 1.82) is 0 Å². The fraction of sp³-hybridized carbons (Fsp3) is 0.0909. The van der Waals surface area contributed by atoms with Crippen LogP contribution in [0.3, 0.4) is 0 Å². The van der Waals surface area contributed by atoms with Gasteiger partial charge in [0.1, 0.15) is 6.10 Å². The van der Waals surface area contributed by atoms with Crippen molar-refractivity contribution in [3.8, 4) is 0 Å². The van der Waals surface area contributed by atoms with Crippen molar-refractivity contribution >= 4 is 34.5 Å². The first-order valence-corrected chi connectivity index (χ1v) is 6.04. The summed E-state index contributed by atoms with van der Waals surface area (Å²) in [5, 5.41) is 14.7. The Bertz CT molecular complexity index is 454. The molecule has 0 aliphatic carbocycles. The molecule has 0 fully saturated rings. The Morgan fingerprint density at radius 1 is 1.20 bits per heavy atom. The van der Waals surface area contributed by atoms with Gasteiger partial charge in [-0.15, -0.1) is 0 Å². The highest BCUT2D eigenvalue weighted by atomic mass is 35.5. The van der Waals surface area contributed by atoms with E-state index in [4.69, 9.17) is 23.2 Å². The number of aliphatic hydroxyl groups is 1. The largest absolute Gasteiger partial charge is 0.384 e. The van der Waals surface area contributed by atoms with E-state index in [9.17, 15) is 5.11 Å². The Morgan fingerprint density at radius 3 is 2.67 bits per heavy atom. The second-order valence-electron chi connectivity index (χ2n) is 3.10. The number of aliphatic hydroxyl groups excluding tert-OH is 1. The van der Waals surface area contributed by atoms with Crippen LogP contribution in [0.5, 0.6) is 0 Å². The molecule has 78 valence electrons. The maximum Gasteiger partial charge on any atom is 0.106 e. The summed E-state index contributed by atoms with van der Waals surface area (Å²) in [5.74, 6) is 0. The van der Waals surface area contributed by atoms with Crippen LogP contribution in [0, 0.1) is 0 Å². The normalized spacial score (nSPS) is 12.7. The van der Waals surface area contributed by atoms with Crippen LogP contribution >= 0.6 is 34.5 Å². The predicted molar refractivity (Wildman–Crippen MR) is 64.8 cm³/mol. The quantitative estimate of drug-likeness (QED) is 0.859. The minimum atomic E-state index is -0.706. The molecule has 4 heteroatoms. The molecule has 1 unspecified atom stereocenters. The zero-order valence-electron chi connectivity index (χ0n) is 7.65. The fourth-order valence-electron chi connectivity index (χ4n) is 1.34. The molecule has 15 heavy (non-hydrogen) atoms. The van der Waals surface area contributed by atoms with Crippen LogP contribution in [0.1, 0.15) is 17.2 Å². The summed E-state index contributed by atoms with van der Waals surface area (Å²) in [5.41, 5.74) is 1.48. The Labute approximate surface area is 102 Å². The molecule has 0 bridgehead atoms. The number of hydrogen-bond acceptors (Lipinski definition) is 2. The molecule has 1 aromatic heterocycles. The van der Waals surface area contributed by atoms with E-state index in [-0.39, 0.29) is 0 Å². The van der Waals surface area contributed by atoms with Gasteiger partial charge < -0.3 is 5.11 Å². The maximum absolute atomic E-state index is 10.0. The van der Waals surface area contributed by atoms with E-state index in [0.717, 1.165) is 5.56 Å². The number of hydrogen-bond donors (Lipinski definition) is 1. The first-order chi connectivity index (χ1) is 7.20. The van der Waals surface area contributed by atoms with Crippen LogP contribution < -0.4 is 0 Å². The van der Waals surface area contributed by atoms with Crippen molar-refractivity contribution in [2.24, 2.45) is 0 Å². The molecule has 2 aromatic rings. The minimum Gasteiger partial charge on any atom is -0.384 e. The van der Waals surface area contributed by atoms with E-state index < -0.39 is 6.10 Å². The van der Waals surface area contributed by atoms with Gasteiger partial charge in [0.25, 0.3) is 0 Å². The molecule has 2 rings (SSSR count). The second-order valence-corrected chi connectivity index (χ2v) is 4.67. The minimum absolute atomic E-state index is 0.415. The first-order valence-electron chi connectivity index (χ1n) is 4.34. The lowest BCUT2D eigenvalue weighted by atomic mass is 10.0. The molecular weight excluding hydrogens is 251 g/mol. The lowest BCUT2D eigenvalue weighted by Gasteiger charge is -2.11. The number of benzene rings is 1. The van der Waals surface area contributed by atoms with Crippen molar-refractivity contribution in [2.45, 2.75) is 6.10 Å². The van der Waals surface area contributed by atoms with Gasteiger partial charge in [-0.3, -0.25) is 0 Å². The molecule has 0 radical (unpaired) electrons. The van der Waals surface area contributed by atoms with Crippen molar-refractivity contribution in [3.63, 3.8) is 0 Å². The number of halogens is 2. The van der Waals surface area contributed by atoms with E-state index >= 15 is 0 Å². The smallest absolute Gasteiger partial charge is 0.106 e. The molecule has 1 atom stereocenters. The fourth-order valence-corrected chi connectivity index (χ4v) is 2.43. The summed E-state index contributed by atoms with van der Waals surface area (Å²) in [6.45, 7) is 0. The highest BCUT2D eigenvalue weighted by Gasteiger charge is 2.15. The Balaban J connectivity index is 2.42. The zero-order chi connectivity index (χ0) is 10.8. The van der Waals surface area contributed by atoms with E-state index in [0.29, 0.717) is 15.6 Å². The molecular formula is C11H8Cl2OS. The van der Waals surface area contributed by atoms with Crippen molar-refractivity contribution in [1.82, 2.24) is 0 Å². The Hall–Kier alpha value is -0.540. The lowest BCUT2D eigenvalue weighted by Crippen LogP contribution is -1.98.